The number of amides is 1. The lowest BCUT2D eigenvalue weighted by Gasteiger charge is -2.55. The maximum atomic E-state index is 13.2. The maximum absolute atomic E-state index is 13.2. The molecule has 1 N–H and O–H groups in total. The lowest BCUT2D eigenvalue weighted by atomic mass is 9.49. The van der Waals surface area contributed by atoms with Gasteiger partial charge in [0.2, 0.25) is 5.91 Å². The summed E-state index contributed by atoms with van der Waals surface area (Å²) in [6.45, 7) is 0. The molecule has 0 aromatic heterocycles. The molecule has 1 amide bonds. The van der Waals surface area contributed by atoms with Crippen molar-refractivity contribution in [2.75, 3.05) is 7.11 Å². The largest absolute Gasteiger partial charge is 0.467 e. The fourth-order valence-electron chi connectivity index (χ4n) is 5.71. The number of nitrogens with one attached hydrogen (secondary N) is 1. The van der Waals surface area contributed by atoms with Gasteiger partial charge in [0.15, 0.2) is 6.04 Å². The van der Waals surface area contributed by atoms with Crippen LogP contribution in [0.25, 0.3) is 0 Å². The maximum Gasteiger partial charge on any atom is 0.333 e. The van der Waals surface area contributed by atoms with Crippen LogP contribution in [0.15, 0.2) is 30.3 Å². The first kappa shape index (κ1) is 15.7. The summed E-state index contributed by atoms with van der Waals surface area (Å²) in [5, 5.41) is 3.03. The number of methoxy groups -OCH3 is 1. The molecule has 4 aliphatic carbocycles. The summed E-state index contributed by atoms with van der Waals surface area (Å²) in [6.07, 6.45) is 6.87. The van der Waals surface area contributed by atoms with Crippen LogP contribution >= 0.6 is 0 Å². The molecule has 0 radical (unpaired) electrons. The number of carbonyl (C=O) groups excluding carboxylic acids is 2. The van der Waals surface area contributed by atoms with Crippen LogP contribution in [-0.2, 0) is 14.3 Å². The van der Waals surface area contributed by atoms with Gasteiger partial charge in [0, 0.05) is 5.41 Å². The van der Waals surface area contributed by atoms with E-state index in [4.69, 9.17) is 4.74 Å². The Hall–Kier alpha value is -1.84. The summed E-state index contributed by atoms with van der Waals surface area (Å²) >= 11 is 0. The van der Waals surface area contributed by atoms with Gasteiger partial charge in [-0.2, -0.15) is 0 Å². The Morgan fingerprint density at radius 3 is 2.08 bits per heavy atom. The molecule has 1 atom stereocenters. The molecule has 1 aromatic carbocycles. The van der Waals surface area contributed by atoms with Crippen LogP contribution in [-0.4, -0.2) is 19.0 Å². The fourth-order valence-corrected chi connectivity index (χ4v) is 5.71. The lowest BCUT2D eigenvalue weighted by Crippen LogP contribution is -2.54. The zero-order valence-corrected chi connectivity index (χ0v) is 14.2. The van der Waals surface area contributed by atoms with Crippen LogP contribution in [0, 0.1) is 23.2 Å². The Bertz CT molecular complexity index is 604. The van der Waals surface area contributed by atoms with Gasteiger partial charge in [0.05, 0.1) is 7.11 Å². The monoisotopic (exact) mass is 327 g/mol. The first-order valence-corrected chi connectivity index (χ1v) is 9.03. The summed E-state index contributed by atoms with van der Waals surface area (Å²) in [5.41, 5.74) is 0.526. The van der Waals surface area contributed by atoms with Gasteiger partial charge in [0.1, 0.15) is 0 Å². The number of ether oxygens (including phenoxy) is 1. The van der Waals surface area contributed by atoms with E-state index >= 15 is 0 Å². The minimum Gasteiger partial charge on any atom is -0.467 e. The molecule has 4 heteroatoms. The van der Waals surface area contributed by atoms with Crippen molar-refractivity contribution in [2.24, 2.45) is 23.2 Å². The zero-order valence-electron chi connectivity index (χ0n) is 14.2. The average molecular weight is 327 g/mol. The quantitative estimate of drug-likeness (QED) is 0.864. The molecular formula is C20H25NO3. The van der Waals surface area contributed by atoms with Crippen molar-refractivity contribution in [1.29, 1.82) is 0 Å². The summed E-state index contributed by atoms with van der Waals surface area (Å²) in [7, 11) is 1.37. The Morgan fingerprint density at radius 1 is 1.04 bits per heavy atom. The number of carbonyl (C=O) groups is 2. The second-order valence-electron chi connectivity index (χ2n) is 8.04. The van der Waals surface area contributed by atoms with Gasteiger partial charge < -0.3 is 10.1 Å². The topological polar surface area (TPSA) is 55.4 Å². The highest BCUT2D eigenvalue weighted by atomic mass is 16.5. The molecule has 5 rings (SSSR count). The van der Waals surface area contributed by atoms with Crippen molar-refractivity contribution in [1.82, 2.24) is 5.32 Å². The van der Waals surface area contributed by atoms with Crippen molar-refractivity contribution in [2.45, 2.75) is 44.6 Å². The number of hydrogen-bond acceptors (Lipinski definition) is 3. The molecule has 4 aliphatic rings. The SMILES string of the molecule is COC(=O)C(NC(=O)C12CC3CC(CC(C3)C1)C2)c1ccccc1. The van der Waals surface area contributed by atoms with Gasteiger partial charge in [-0.15, -0.1) is 0 Å². The molecule has 4 nitrogen and oxygen atoms in total. The molecule has 0 saturated heterocycles. The predicted octanol–water partition coefficient (Wildman–Crippen LogP) is 3.23. The summed E-state index contributed by atoms with van der Waals surface area (Å²) in [5.74, 6) is 1.76. The van der Waals surface area contributed by atoms with E-state index in [1.165, 1.54) is 26.4 Å². The minimum absolute atomic E-state index is 0.0563. The smallest absolute Gasteiger partial charge is 0.333 e. The Balaban J connectivity index is 1.56. The van der Waals surface area contributed by atoms with Gasteiger partial charge in [0.25, 0.3) is 0 Å². The zero-order chi connectivity index (χ0) is 16.7. The van der Waals surface area contributed by atoms with Crippen LogP contribution in [0.3, 0.4) is 0 Å². The Kier molecular flexibility index (Phi) is 3.86. The third-order valence-corrected chi connectivity index (χ3v) is 6.37. The molecule has 24 heavy (non-hydrogen) atoms. The fraction of sp³-hybridized carbons (Fsp3) is 0.600. The van der Waals surface area contributed by atoms with E-state index in [0.717, 1.165) is 24.8 Å². The van der Waals surface area contributed by atoms with Crippen molar-refractivity contribution in [3.63, 3.8) is 0 Å². The number of hydrogen-bond donors (Lipinski definition) is 1. The third-order valence-electron chi connectivity index (χ3n) is 6.37. The second-order valence-corrected chi connectivity index (χ2v) is 8.04. The third kappa shape index (κ3) is 2.62. The van der Waals surface area contributed by atoms with Crippen LogP contribution in [0.4, 0.5) is 0 Å². The van der Waals surface area contributed by atoms with Crippen molar-refractivity contribution >= 4 is 11.9 Å². The van der Waals surface area contributed by atoms with Crippen molar-refractivity contribution < 1.29 is 14.3 Å². The van der Waals surface area contributed by atoms with E-state index in [0.29, 0.717) is 17.8 Å². The molecule has 0 heterocycles. The van der Waals surface area contributed by atoms with E-state index in [2.05, 4.69) is 5.32 Å². The highest BCUT2D eigenvalue weighted by Crippen LogP contribution is 2.60. The Labute approximate surface area is 143 Å². The number of benzene rings is 1. The predicted molar refractivity (Wildman–Crippen MR) is 89.9 cm³/mol. The van der Waals surface area contributed by atoms with Gasteiger partial charge in [-0.1, -0.05) is 30.3 Å². The van der Waals surface area contributed by atoms with Gasteiger partial charge in [-0.05, 0) is 61.8 Å². The number of esters is 1. The molecule has 0 aliphatic heterocycles. The van der Waals surface area contributed by atoms with E-state index < -0.39 is 12.0 Å². The average Bonchev–Trinajstić information content (AvgIpc) is 2.58. The summed E-state index contributed by atoms with van der Waals surface area (Å²) in [4.78, 5) is 25.4. The molecule has 4 bridgehead atoms. The molecule has 1 unspecified atom stereocenters. The van der Waals surface area contributed by atoms with Crippen molar-refractivity contribution in [3.05, 3.63) is 35.9 Å². The van der Waals surface area contributed by atoms with Crippen LogP contribution in [0.2, 0.25) is 0 Å². The summed E-state index contributed by atoms with van der Waals surface area (Å²) < 4.78 is 4.93. The van der Waals surface area contributed by atoms with Gasteiger partial charge in [-0.3, -0.25) is 4.79 Å². The lowest BCUT2D eigenvalue weighted by molar-refractivity contribution is -0.153. The van der Waals surface area contributed by atoms with E-state index in [9.17, 15) is 9.59 Å². The molecule has 4 fully saturated rings. The molecule has 1 aromatic rings. The highest BCUT2D eigenvalue weighted by molar-refractivity contribution is 5.89. The first-order chi connectivity index (χ1) is 11.6. The van der Waals surface area contributed by atoms with Crippen LogP contribution in [0.5, 0.6) is 0 Å². The van der Waals surface area contributed by atoms with E-state index in [-0.39, 0.29) is 11.3 Å². The first-order valence-electron chi connectivity index (χ1n) is 9.03. The normalized spacial score (nSPS) is 34.6. The number of rotatable bonds is 4. The van der Waals surface area contributed by atoms with Gasteiger partial charge in [-0.25, -0.2) is 4.79 Å². The second kappa shape index (κ2) is 5.91. The summed E-state index contributed by atoms with van der Waals surface area (Å²) in [6, 6.07) is 8.67. The standard InChI is InChI=1S/C20H25NO3/c1-24-18(22)17(16-5-3-2-4-6-16)21-19(23)20-10-13-7-14(11-20)9-15(8-13)12-20/h2-6,13-15,17H,7-12H2,1H3,(H,21,23). The molecular weight excluding hydrogens is 302 g/mol. The van der Waals surface area contributed by atoms with Crippen molar-refractivity contribution in [3.8, 4) is 0 Å². The molecule has 128 valence electrons. The molecule has 0 spiro atoms. The molecule has 4 saturated carbocycles. The van der Waals surface area contributed by atoms with Gasteiger partial charge >= 0.3 is 5.97 Å². The minimum atomic E-state index is -0.711. The Morgan fingerprint density at radius 2 is 1.58 bits per heavy atom. The van der Waals surface area contributed by atoms with Crippen LogP contribution in [0.1, 0.15) is 50.1 Å². The van der Waals surface area contributed by atoms with E-state index in [1.54, 1.807) is 0 Å². The highest BCUT2D eigenvalue weighted by Gasteiger charge is 2.55. The van der Waals surface area contributed by atoms with Crippen LogP contribution < -0.4 is 5.32 Å². The van der Waals surface area contributed by atoms with E-state index in [1.807, 2.05) is 30.3 Å².